The first-order valence-corrected chi connectivity index (χ1v) is 13.4. The number of benzene rings is 1. The minimum Gasteiger partial charge on any atom is -0.392 e. The number of hydrogen-bond acceptors (Lipinski definition) is 5. The van der Waals surface area contributed by atoms with E-state index in [2.05, 4.69) is 25.1 Å². The number of hydrogen-bond donors (Lipinski definition) is 2. The second-order valence-electron chi connectivity index (χ2n) is 10.7. The highest BCUT2D eigenvalue weighted by Gasteiger charge is 2.41. The predicted octanol–water partition coefficient (Wildman–Crippen LogP) is 5.09. The van der Waals surface area contributed by atoms with Crippen molar-refractivity contribution in [3.8, 4) is 0 Å². The Morgan fingerprint density at radius 1 is 1.15 bits per heavy atom. The van der Waals surface area contributed by atoms with Gasteiger partial charge in [0.2, 0.25) is 0 Å². The van der Waals surface area contributed by atoms with E-state index in [9.17, 15) is 9.90 Å². The first-order chi connectivity index (χ1) is 16.0. The molecule has 5 nitrogen and oxygen atoms in total. The van der Waals surface area contributed by atoms with Crippen LogP contribution in [0.25, 0.3) is 0 Å². The molecule has 5 heteroatoms. The van der Waals surface area contributed by atoms with Crippen LogP contribution in [0.2, 0.25) is 0 Å². The summed E-state index contributed by atoms with van der Waals surface area (Å²) in [4.78, 5) is 21.3. The van der Waals surface area contributed by atoms with Crippen LogP contribution in [-0.2, 0) is 4.79 Å². The van der Waals surface area contributed by atoms with E-state index in [0.717, 1.165) is 49.1 Å². The number of carbonyl (C=O) groups excluding carboxylic acids is 1. The first-order valence-electron chi connectivity index (χ1n) is 13.4. The zero-order valence-electron chi connectivity index (χ0n) is 20.6. The van der Waals surface area contributed by atoms with Crippen molar-refractivity contribution in [2.24, 2.45) is 28.5 Å². The number of fused-ring (bicyclic) bond motifs is 1. The maximum atomic E-state index is 14.0. The predicted molar refractivity (Wildman–Crippen MR) is 136 cm³/mol. The molecular weight excluding hydrogens is 410 g/mol. The van der Waals surface area contributed by atoms with Crippen molar-refractivity contribution in [2.45, 2.75) is 102 Å². The van der Waals surface area contributed by atoms with Crippen LogP contribution in [0, 0.1) is 17.8 Å². The molecule has 0 bridgehead atoms. The number of anilines is 1. The number of ketones is 1. The minimum absolute atomic E-state index is 0.0452. The molecule has 1 aromatic rings. The van der Waals surface area contributed by atoms with E-state index in [1.807, 2.05) is 18.0 Å². The van der Waals surface area contributed by atoms with Crippen LogP contribution in [-0.4, -0.2) is 42.0 Å². The van der Waals surface area contributed by atoms with Gasteiger partial charge < -0.3 is 15.7 Å². The van der Waals surface area contributed by atoms with Crippen LogP contribution in [0.3, 0.4) is 0 Å². The van der Waals surface area contributed by atoms with Gasteiger partial charge in [-0.2, -0.15) is 0 Å². The number of likely N-dealkylation sites (N-methyl/N-ethyl adjacent to an activating group) is 1. The summed E-state index contributed by atoms with van der Waals surface area (Å²) >= 11 is 0. The molecule has 4 unspecified atom stereocenters. The minimum atomic E-state index is -0.638. The summed E-state index contributed by atoms with van der Waals surface area (Å²) in [6.45, 7) is 2.13. The van der Waals surface area contributed by atoms with E-state index in [1.54, 1.807) is 0 Å². The SMILES string of the molecule is CCCCC(O)C(CC1CC1)C(=O)C1N=C(C2CCCCCC2)c2ccccc2N(C)C1N. The molecule has 1 aromatic carbocycles. The largest absolute Gasteiger partial charge is 0.392 e. The number of aliphatic hydroxyl groups is 1. The third kappa shape index (κ3) is 5.68. The number of aliphatic imine (C=N–C) groups is 1. The Bertz CT molecular complexity index is 826. The number of aliphatic hydroxyl groups excluding tert-OH is 1. The molecule has 4 rings (SSSR count). The Hall–Kier alpha value is -1.72. The van der Waals surface area contributed by atoms with E-state index in [1.165, 1.54) is 38.5 Å². The van der Waals surface area contributed by atoms with Gasteiger partial charge >= 0.3 is 0 Å². The van der Waals surface area contributed by atoms with Crippen LogP contribution >= 0.6 is 0 Å². The highest BCUT2D eigenvalue weighted by atomic mass is 16.3. The number of nitrogens with two attached hydrogens (primary N) is 1. The fraction of sp³-hybridized carbons (Fsp3) is 0.714. The normalized spacial score (nSPS) is 26.1. The summed E-state index contributed by atoms with van der Waals surface area (Å²) in [6, 6.07) is 7.72. The lowest BCUT2D eigenvalue weighted by Crippen LogP contribution is -2.53. The summed E-state index contributed by atoms with van der Waals surface area (Å²) in [5.74, 6) is 0.615. The van der Waals surface area contributed by atoms with E-state index in [4.69, 9.17) is 10.7 Å². The van der Waals surface area contributed by atoms with Crippen LogP contribution in [0.1, 0.15) is 89.5 Å². The van der Waals surface area contributed by atoms with Crippen molar-refractivity contribution < 1.29 is 9.90 Å². The molecule has 2 aliphatic carbocycles. The van der Waals surface area contributed by atoms with E-state index < -0.39 is 18.3 Å². The fourth-order valence-corrected chi connectivity index (χ4v) is 5.79. The Kier molecular flexibility index (Phi) is 8.24. The van der Waals surface area contributed by atoms with Gasteiger partial charge in [-0.05, 0) is 37.7 Å². The standard InChI is InChI=1S/C28H43N3O2/c1-3-4-15-24(32)22(18-19-16-17-19)27(33)26-28(29)31(2)23-14-10-9-13-21(23)25(30-26)20-11-7-5-6-8-12-20/h9-10,13-14,19-20,22,24,26,28,32H,3-8,11-12,15-18,29H2,1-2H3. The highest BCUT2D eigenvalue weighted by Crippen LogP contribution is 2.39. The van der Waals surface area contributed by atoms with Gasteiger partial charge in [-0.1, -0.05) is 76.5 Å². The zero-order valence-corrected chi connectivity index (χ0v) is 20.6. The van der Waals surface area contributed by atoms with Gasteiger partial charge in [-0.3, -0.25) is 9.79 Å². The van der Waals surface area contributed by atoms with Gasteiger partial charge in [-0.15, -0.1) is 0 Å². The van der Waals surface area contributed by atoms with Crippen molar-refractivity contribution in [3.05, 3.63) is 29.8 Å². The second-order valence-corrected chi connectivity index (χ2v) is 10.7. The van der Waals surface area contributed by atoms with Gasteiger partial charge in [-0.25, -0.2) is 0 Å². The molecule has 3 aliphatic rings. The molecule has 33 heavy (non-hydrogen) atoms. The zero-order chi connectivity index (χ0) is 23.4. The molecule has 1 aliphatic heterocycles. The molecule has 1 heterocycles. The van der Waals surface area contributed by atoms with Gasteiger partial charge in [0.1, 0.15) is 12.2 Å². The average molecular weight is 454 g/mol. The highest BCUT2D eigenvalue weighted by molar-refractivity contribution is 6.09. The second kappa shape index (κ2) is 11.1. The number of Topliss-reactive ketones (excluding diaryl/α,β-unsaturated/α-hetero) is 1. The van der Waals surface area contributed by atoms with E-state index in [0.29, 0.717) is 18.3 Å². The summed E-state index contributed by atoms with van der Waals surface area (Å²) in [5.41, 5.74) is 10.0. The van der Waals surface area contributed by atoms with Gasteiger partial charge in [0.15, 0.2) is 5.78 Å². The van der Waals surface area contributed by atoms with Crippen molar-refractivity contribution in [3.63, 3.8) is 0 Å². The Morgan fingerprint density at radius 3 is 2.52 bits per heavy atom. The Balaban J connectivity index is 1.70. The van der Waals surface area contributed by atoms with E-state index in [-0.39, 0.29) is 11.7 Å². The lowest BCUT2D eigenvalue weighted by atomic mass is 9.84. The van der Waals surface area contributed by atoms with Gasteiger partial charge in [0.05, 0.1) is 6.10 Å². The molecule has 2 saturated carbocycles. The van der Waals surface area contributed by atoms with Crippen LogP contribution < -0.4 is 10.6 Å². The number of carbonyl (C=O) groups is 1. The van der Waals surface area contributed by atoms with Crippen LogP contribution in [0.5, 0.6) is 0 Å². The maximum Gasteiger partial charge on any atom is 0.166 e. The number of unbranched alkanes of at least 4 members (excludes halogenated alkanes) is 1. The maximum absolute atomic E-state index is 14.0. The third-order valence-corrected chi connectivity index (χ3v) is 8.11. The Labute approximate surface area is 199 Å². The summed E-state index contributed by atoms with van der Waals surface area (Å²) in [6.07, 6.45) is 11.9. The number of para-hydroxylation sites is 1. The summed E-state index contributed by atoms with van der Waals surface area (Å²) in [7, 11) is 1.98. The molecule has 4 atom stereocenters. The monoisotopic (exact) mass is 453 g/mol. The number of rotatable bonds is 9. The van der Waals surface area contributed by atoms with Gasteiger partial charge in [0.25, 0.3) is 0 Å². The molecule has 0 saturated heterocycles. The molecule has 3 N–H and O–H groups in total. The summed E-state index contributed by atoms with van der Waals surface area (Å²) < 4.78 is 0. The topological polar surface area (TPSA) is 78.9 Å². The van der Waals surface area contributed by atoms with Crippen LogP contribution in [0.4, 0.5) is 5.69 Å². The average Bonchev–Trinajstić information content (AvgIpc) is 3.68. The van der Waals surface area contributed by atoms with Crippen molar-refractivity contribution in [1.82, 2.24) is 0 Å². The lowest BCUT2D eigenvalue weighted by Gasteiger charge is -2.32. The molecule has 0 spiro atoms. The van der Waals surface area contributed by atoms with Crippen molar-refractivity contribution >= 4 is 17.2 Å². The first kappa shape index (κ1) is 24.4. The Morgan fingerprint density at radius 2 is 1.85 bits per heavy atom. The molecule has 0 aromatic heterocycles. The molecule has 0 amide bonds. The van der Waals surface area contributed by atoms with Crippen molar-refractivity contribution in [1.29, 1.82) is 0 Å². The molecule has 182 valence electrons. The lowest BCUT2D eigenvalue weighted by molar-refractivity contribution is -0.128. The van der Waals surface area contributed by atoms with E-state index >= 15 is 0 Å². The number of nitrogens with zero attached hydrogens (tertiary/aromatic N) is 2. The quantitative estimate of drug-likeness (QED) is 0.511. The van der Waals surface area contributed by atoms with Crippen LogP contribution in [0.15, 0.2) is 29.3 Å². The third-order valence-electron chi connectivity index (χ3n) is 8.11. The molecular formula is C28H43N3O2. The number of benzodiazepines with no additional fused rings is 1. The van der Waals surface area contributed by atoms with Gasteiger partial charge in [0, 0.05) is 35.8 Å². The fourth-order valence-electron chi connectivity index (χ4n) is 5.79. The molecule has 0 radical (unpaired) electrons. The molecule has 2 fully saturated rings. The van der Waals surface area contributed by atoms with Crippen molar-refractivity contribution in [2.75, 3.05) is 11.9 Å². The smallest absolute Gasteiger partial charge is 0.166 e. The summed E-state index contributed by atoms with van der Waals surface area (Å²) in [5, 5.41) is 11.0.